The van der Waals surface area contributed by atoms with Crippen molar-refractivity contribution in [2.24, 2.45) is 0 Å². The van der Waals surface area contributed by atoms with E-state index in [1.54, 1.807) is 11.8 Å². The Bertz CT molecular complexity index is 340. The Balaban J connectivity index is 2.39. The van der Waals surface area contributed by atoms with Crippen LogP contribution in [0.3, 0.4) is 0 Å². The van der Waals surface area contributed by atoms with Crippen LogP contribution < -0.4 is 0 Å². The normalized spacial score (nSPS) is 11.0. The van der Waals surface area contributed by atoms with Crippen LogP contribution in [0.1, 0.15) is 23.5 Å². The van der Waals surface area contributed by atoms with E-state index in [0.717, 1.165) is 36.0 Å². The zero-order valence-electron chi connectivity index (χ0n) is 9.40. The summed E-state index contributed by atoms with van der Waals surface area (Å²) in [5.41, 5.74) is 0. The van der Waals surface area contributed by atoms with Crippen LogP contribution in [0.2, 0.25) is 5.15 Å². The molecule has 1 heterocycles. The molecule has 16 heavy (non-hydrogen) atoms. The quantitative estimate of drug-likeness (QED) is 0.567. The van der Waals surface area contributed by atoms with Gasteiger partial charge in [0.25, 0.3) is 0 Å². The number of hydrogen-bond acceptors (Lipinski definition) is 5. The number of hydrogen-bond donors (Lipinski definition) is 0. The van der Waals surface area contributed by atoms with Gasteiger partial charge < -0.3 is 4.90 Å². The van der Waals surface area contributed by atoms with Gasteiger partial charge in [0.15, 0.2) is 15.8 Å². The van der Waals surface area contributed by atoms with Gasteiger partial charge in [-0.2, -0.15) is 0 Å². The molecule has 6 heteroatoms. The van der Waals surface area contributed by atoms with Gasteiger partial charge >= 0.3 is 0 Å². The molecule has 0 aliphatic heterocycles. The topological polar surface area (TPSA) is 33.2 Å². The first kappa shape index (κ1) is 14.0. The van der Waals surface area contributed by atoms with E-state index in [2.05, 4.69) is 23.7 Å². The van der Waals surface area contributed by atoms with Gasteiger partial charge in [-0.15, -0.1) is 11.3 Å². The van der Waals surface area contributed by atoms with E-state index in [-0.39, 0.29) is 0 Å². The lowest BCUT2D eigenvalue weighted by Gasteiger charge is -2.16. The fourth-order valence-corrected chi connectivity index (χ4v) is 3.51. The minimum atomic E-state index is 0.324. The van der Waals surface area contributed by atoms with Crippen LogP contribution >= 0.6 is 34.7 Å². The van der Waals surface area contributed by atoms with Crippen molar-refractivity contribution in [2.45, 2.75) is 18.2 Å². The van der Waals surface area contributed by atoms with Gasteiger partial charge in [-0.3, -0.25) is 4.79 Å². The molecule has 0 fully saturated rings. The second kappa shape index (κ2) is 7.27. The molecule has 0 aliphatic rings. The minimum Gasteiger partial charge on any atom is -0.303 e. The number of aromatic nitrogens is 1. The van der Waals surface area contributed by atoms with Crippen molar-refractivity contribution < 1.29 is 4.79 Å². The van der Waals surface area contributed by atoms with E-state index >= 15 is 0 Å². The van der Waals surface area contributed by atoms with Crippen molar-refractivity contribution in [3.8, 4) is 0 Å². The van der Waals surface area contributed by atoms with E-state index in [4.69, 9.17) is 11.6 Å². The number of halogens is 1. The molecule has 0 aromatic carbocycles. The van der Waals surface area contributed by atoms with Crippen molar-refractivity contribution in [1.82, 2.24) is 9.88 Å². The van der Waals surface area contributed by atoms with Crippen molar-refractivity contribution in [3.05, 3.63) is 10.0 Å². The Morgan fingerprint density at radius 1 is 1.50 bits per heavy atom. The summed E-state index contributed by atoms with van der Waals surface area (Å²) in [5.74, 6) is 0.976. The standard InChI is InChI=1S/C10H15ClN2OS2/c1-3-13(4-2)5-6-15-10-12-9(11)8(7-14)16-10/h7H,3-6H2,1-2H3. The molecule has 3 nitrogen and oxygen atoms in total. The highest BCUT2D eigenvalue weighted by Crippen LogP contribution is 2.28. The lowest BCUT2D eigenvalue weighted by Crippen LogP contribution is -2.25. The van der Waals surface area contributed by atoms with E-state index in [1.807, 2.05) is 0 Å². The first-order valence-electron chi connectivity index (χ1n) is 5.17. The third kappa shape index (κ3) is 4.05. The Kier molecular flexibility index (Phi) is 6.34. The first-order valence-corrected chi connectivity index (χ1v) is 7.35. The second-order valence-corrected chi connectivity index (χ2v) is 5.86. The molecule has 0 saturated carbocycles. The van der Waals surface area contributed by atoms with Crippen LogP contribution in [-0.2, 0) is 0 Å². The fraction of sp³-hybridized carbons (Fsp3) is 0.600. The third-order valence-electron chi connectivity index (χ3n) is 2.22. The van der Waals surface area contributed by atoms with Crippen LogP contribution in [-0.4, -0.2) is 41.6 Å². The summed E-state index contributed by atoms with van der Waals surface area (Å²) in [6.45, 7) is 7.47. The molecule has 1 aromatic rings. The molecular weight excluding hydrogens is 264 g/mol. The summed E-state index contributed by atoms with van der Waals surface area (Å²) in [4.78, 5) is 17.6. The molecular formula is C10H15ClN2OS2. The second-order valence-electron chi connectivity index (χ2n) is 3.13. The summed E-state index contributed by atoms with van der Waals surface area (Å²) in [6, 6.07) is 0. The van der Waals surface area contributed by atoms with Crippen molar-refractivity contribution >= 4 is 41.0 Å². The molecule has 0 saturated heterocycles. The molecule has 1 rings (SSSR count). The monoisotopic (exact) mass is 278 g/mol. The highest BCUT2D eigenvalue weighted by Gasteiger charge is 2.09. The van der Waals surface area contributed by atoms with Gasteiger partial charge in [0.05, 0.1) is 0 Å². The highest BCUT2D eigenvalue weighted by molar-refractivity contribution is 8.01. The maximum absolute atomic E-state index is 10.6. The maximum Gasteiger partial charge on any atom is 0.163 e. The SMILES string of the molecule is CCN(CC)CCSc1nc(Cl)c(C=O)s1. The predicted molar refractivity (Wildman–Crippen MR) is 71.0 cm³/mol. The summed E-state index contributed by atoms with van der Waals surface area (Å²) in [7, 11) is 0. The van der Waals surface area contributed by atoms with Crippen LogP contribution in [0.5, 0.6) is 0 Å². The van der Waals surface area contributed by atoms with E-state index in [1.165, 1.54) is 11.3 Å². The van der Waals surface area contributed by atoms with Gasteiger partial charge in [0.1, 0.15) is 4.88 Å². The van der Waals surface area contributed by atoms with E-state index in [0.29, 0.717) is 10.0 Å². The Hall–Kier alpha value is -0.100. The van der Waals surface area contributed by atoms with Crippen molar-refractivity contribution in [1.29, 1.82) is 0 Å². The Morgan fingerprint density at radius 3 is 2.69 bits per heavy atom. The number of nitrogens with zero attached hydrogens (tertiary/aromatic N) is 2. The maximum atomic E-state index is 10.6. The first-order chi connectivity index (χ1) is 7.71. The smallest absolute Gasteiger partial charge is 0.163 e. The van der Waals surface area contributed by atoms with Crippen molar-refractivity contribution in [2.75, 3.05) is 25.4 Å². The minimum absolute atomic E-state index is 0.324. The van der Waals surface area contributed by atoms with Gasteiger partial charge in [0.2, 0.25) is 0 Å². The lowest BCUT2D eigenvalue weighted by molar-refractivity contribution is 0.112. The largest absolute Gasteiger partial charge is 0.303 e. The molecule has 90 valence electrons. The average Bonchev–Trinajstić information content (AvgIpc) is 2.65. The molecule has 0 N–H and O–H groups in total. The summed E-state index contributed by atoms with van der Waals surface area (Å²) < 4.78 is 0.874. The molecule has 1 aromatic heterocycles. The molecule has 0 aliphatic carbocycles. The molecule has 0 bridgehead atoms. The summed E-state index contributed by atoms with van der Waals surface area (Å²) >= 11 is 8.80. The number of thiazole rings is 1. The molecule has 0 radical (unpaired) electrons. The highest BCUT2D eigenvalue weighted by atomic mass is 35.5. The molecule has 0 spiro atoms. The summed E-state index contributed by atoms with van der Waals surface area (Å²) in [6.07, 6.45) is 0.758. The van der Waals surface area contributed by atoms with Crippen LogP contribution in [0.25, 0.3) is 0 Å². The zero-order chi connectivity index (χ0) is 12.0. The number of rotatable bonds is 7. The number of carbonyl (C=O) groups excluding carboxylic acids is 1. The number of carbonyl (C=O) groups is 1. The summed E-state index contributed by atoms with van der Waals surface area (Å²) in [5, 5.41) is 0.324. The average molecular weight is 279 g/mol. The zero-order valence-corrected chi connectivity index (χ0v) is 11.8. The number of thioether (sulfide) groups is 1. The van der Waals surface area contributed by atoms with Crippen molar-refractivity contribution in [3.63, 3.8) is 0 Å². The van der Waals surface area contributed by atoms with Crippen LogP contribution in [0.15, 0.2) is 4.34 Å². The Labute approximate surface area is 109 Å². The molecule has 0 amide bonds. The predicted octanol–water partition coefficient (Wildman–Crippen LogP) is 3.04. The van der Waals surface area contributed by atoms with Crippen LogP contribution in [0, 0.1) is 0 Å². The molecule has 0 unspecified atom stereocenters. The lowest BCUT2D eigenvalue weighted by atomic mass is 10.5. The van der Waals surface area contributed by atoms with Gasteiger partial charge in [-0.05, 0) is 13.1 Å². The van der Waals surface area contributed by atoms with Gasteiger partial charge in [-0.1, -0.05) is 37.2 Å². The third-order valence-corrected chi connectivity index (χ3v) is 4.73. The Morgan fingerprint density at radius 2 is 2.19 bits per heavy atom. The number of aldehydes is 1. The van der Waals surface area contributed by atoms with E-state index in [9.17, 15) is 4.79 Å². The van der Waals surface area contributed by atoms with E-state index < -0.39 is 0 Å². The van der Waals surface area contributed by atoms with Crippen LogP contribution in [0.4, 0.5) is 0 Å². The fourth-order valence-electron chi connectivity index (χ4n) is 1.23. The van der Waals surface area contributed by atoms with Gasteiger partial charge in [0, 0.05) is 12.3 Å². The van der Waals surface area contributed by atoms with Gasteiger partial charge in [-0.25, -0.2) is 4.98 Å². The molecule has 0 atom stereocenters.